The maximum Gasteiger partial charge on any atom is 0.264 e. The standard InChI is InChI=1S/C11H13N3O3/c12-8-1-3-9(4-2-8)16-7-11-13-10(5-6-15)14-17-11/h1-4,15H,5-7,12H2. The van der Waals surface area contributed by atoms with Gasteiger partial charge in [-0.15, -0.1) is 0 Å². The van der Waals surface area contributed by atoms with E-state index in [0.717, 1.165) is 0 Å². The molecule has 6 heteroatoms. The lowest BCUT2D eigenvalue weighted by atomic mass is 10.3. The van der Waals surface area contributed by atoms with Crippen LogP contribution in [0, 0.1) is 0 Å². The molecule has 0 aliphatic rings. The molecule has 90 valence electrons. The number of anilines is 1. The first-order valence-electron chi connectivity index (χ1n) is 5.18. The van der Waals surface area contributed by atoms with Gasteiger partial charge < -0.3 is 20.1 Å². The van der Waals surface area contributed by atoms with E-state index in [2.05, 4.69) is 10.1 Å². The summed E-state index contributed by atoms with van der Waals surface area (Å²) in [6, 6.07) is 7.03. The maximum absolute atomic E-state index is 8.70. The summed E-state index contributed by atoms with van der Waals surface area (Å²) in [6.07, 6.45) is 0.380. The number of hydrogen-bond donors (Lipinski definition) is 2. The van der Waals surface area contributed by atoms with E-state index < -0.39 is 0 Å². The number of nitrogen functional groups attached to an aromatic ring is 1. The van der Waals surface area contributed by atoms with Gasteiger partial charge in [0, 0.05) is 12.1 Å². The maximum atomic E-state index is 8.70. The van der Waals surface area contributed by atoms with Crippen LogP contribution in [-0.2, 0) is 13.0 Å². The van der Waals surface area contributed by atoms with Crippen LogP contribution in [0.3, 0.4) is 0 Å². The van der Waals surface area contributed by atoms with Crippen LogP contribution >= 0.6 is 0 Å². The highest BCUT2D eigenvalue weighted by atomic mass is 16.5. The van der Waals surface area contributed by atoms with Crippen molar-refractivity contribution in [2.45, 2.75) is 13.0 Å². The Balaban J connectivity index is 1.90. The second-order valence-electron chi connectivity index (χ2n) is 3.44. The fourth-order valence-corrected chi connectivity index (χ4v) is 1.26. The van der Waals surface area contributed by atoms with Gasteiger partial charge in [0.1, 0.15) is 5.75 Å². The summed E-state index contributed by atoms with van der Waals surface area (Å²) >= 11 is 0. The molecular formula is C11H13N3O3. The topological polar surface area (TPSA) is 94.4 Å². The Hall–Kier alpha value is -2.08. The third-order valence-corrected chi connectivity index (χ3v) is 2.09. The summed E-state index contributed by atoms with van der Waals surface area (Å²) in [5.74, 6) is 1.54. The number of ether oxygens (including phenoxy) is 1. The number of nitrogens with zero attached hydrogens (tertiary/aromatic N) is 2. The normalized spacial score (nSPS) is 10.4. The summed E-state index contributed by atoms with van der Waals surface area (Å²) < 4.78 is 10.4. The largest absolute Gasteiger partial charge is 0.484 e. The molecule has 0 spiro atoms. The first-order chi connectivity index (χ1) is 8.28. The minimum Gasteiger partial charge on any atom is -0.484 e. The van der Waals surface area contributed by atoms with E-state index in [0.29, 0.717) is 29.6 Å². The average molecular weight is 235 g/mol. The Morgan fingerprint density at radius 1 is 1.29 bits per heavy atom. The average Bonchev–Trinajstić information content (AvgIpc) is 2.77. The fraction of sp³-hybridized carbons (Fsp3) is 0.273. The van der Waals surface area contributed by atoms with Gasteiger partial charge in [0.05, 0.1) is 6.61 Å². The zero-order valence-electron chi connectivity index (χ0n) is 9.17. The van der Waals surface area contributed by atoms with E-state index in [1.807, 2.05) is 0 Å². The first-order valence-corrected chi connectivity index (χ1v) is 5.18. The second-order valence-corrected chi connectivity index (χ2v) is 3.44. The first kappa shape index (κ1) is 11.4. The minimum atomic E-state index is -0.00219. The number of nitrogens with two attached hydrogens (primary N) is 1. The predicted molar refractivity (Wildman–Crippen MR) is 60.3 cm³/mol. The van der Waals surface area contributed by atoms with Crippen molar-refractivity contribution in [3.8, 4) is 5.75 Å². The zero-order valence-corrected chi connectivity index (χ0v) is 9.17. The SMILES string of the molecule is Nc1ccc(OCc2nc(CCO)no2)cc1. The van der Waals surface area contributed by atoms with Crippen molar-refractivity contribution in [1.82, 2.24) is 10.1 Å². The van der Waals surface area contributed by atoms with Crippen molar-refractivity contribution in [3.05, 3.63) is 36.0 Å². The van der Waals surface area contributed by atoms with Crippen LogP contribution in [0.5, 0.6) is 5.75 Å². The van der Waals surface area contributed by atoms with Crippen molar-refractivity contribution in [1.29, 1.82) is 0 Å². The monoisotopic (exact) mass is 235 g/mol. The van der Waals surface area contributed by atoms with E-state index in [1.54, 1.807) is 24.3 Å². The van der Waals surface area contributed by atoms with E-state index in [-0.39, 0.29) is 13.2 Å². The van der Waals surface area contributed by atoms with Gasteiger partial charge in [0.25, 0.3) is 5.89 Å². The molecule has 2 rings (SSSR count). The lowest BCUT2D eigenvalue weighted by Gasteiger charge is -2.02. The van der Waals surface area contributed by atoms with Crippen LogP contribution in [0.4, 0.5) is 5.69 Å². The van der Waals surface area contributed by atoms with Gasteiger partial charge in [-0.2, -0.15) is 4.98 Å². The van der Waals surface area contributed by atoms with Gasteiger partial charge in [-0.25, -0.2) is 0 Å². The van der Waals surface area contributed by atoms with Gasteiger partial charge in [0.15, 0.2) is 12.4 Å². The lowest BCUT2D eigenvalue weighted by molar-refractivity contribution is 0.242. The molecule has 0 aliphatic carbocycles. The molecule has 1 heterocycles. The Morgan fingerprint density at radius 2 is 2.06 bits per heavy atom. The predicted octanol–water partition coefficient (Wildman–Crippen LogP) is 0.766. The van der Waals surface area contributed by atoms with Gasteiger partial charge in [-0.1, -0.05) is 5.16 Å². The van der Waals surface area contributed by atoms with E-state index in [1.165, 1.54) is 0 Å². The van der Waals surface area contributed by atoms with E-state index in [4.69, 9.17) is 20.1 Å². The van der Waals surface area contributed by atoms with Crippen molar-refractivity contribution in [2.75, 3.05) is 12.3 Å². The second kappa shape index (κ2) is 5.31. The Morgan fingerprint density at radius 3 is 2.76 bits per heavy atom. The molecule has 0 saturated carbocycles. The highest BCUT2D eigenvalue weighted by Crippen LogP contribution is 2.14. The molecule has 0 amide bonds. The molecule has 0 saturated heterocycles. The quantitative estimate of drug-likeness (QED) is 0.743. The highest BCUT2D eigenvalue weighted by molar-refractivity contribution is 5.41. The fourth-order valence-electron chi connectivity index (χ4n) is 1.26. The molecule has 0 aliphatic heterocycles. The summed E-state index contributed by atoms with van der Waals surface area (Å²) in [4.78, 5) is 4.05. The molecule has 0 atom stereocenters. The molecule has 3 N–H and O–H groups in total. The molecule has 17 heavy (non-hydrogen) atoms. The van der Waals surface area contributed by atoms with Crippen molar-refractivity contribution in [2.24, 2.45) is 0 Å². The Kier molecular flexibility index (Phi) is 3.56. The van der Waals surface area contributed by atoms with Crippen molar-refractivity contribution < 1.29 is 14.4 Å². The van der Waals surface area contributed by atoms with Gasteiger partial charge in [-0.05, 0) is 24.3 Å². The summed E-state index contributed by atoms with van der Waals surface area (Å²) in [7, 11) is 0. The number of aliphatic hydroxyl groups is 1. The van der Waals surface area contributed by atoms with Crippen LogP contribution in [-0.4, -0.2) is 21.9 Å². The van der Waals surface area contributed by atoms with E-state index >= 15 is 0 Å². The molecule has 1 aromatic heterocycles. The number of aliphatic hydroxyl groups excluding tert-OH is 1. The summed E-state index contributed by atoms with van der Waals surface area (Å²) in [5, 5.41) is 12.4. The van der Waals surface area contributed by atoms with Gasteiger partial charge >= 0.3 is 0 Å². The molecule has 2 aromatic rings. The molecule has 1 aromatic carbocycles. The zero-order chi connectivity index (χ0) is 12.1. The molecule has 0 fully saturated rings. The van der Waals surface area contributed by atoms with Crippen LogP contribution in [0.1, 0.15) is 11.7 Å². The number of rotatable bonds is 5. The van der Waals surface area contributed by atoms with Crippen LogP contribution in [0.15, 0.2) is 28.8 Å². The highest BCUT2D eigenvalue weighted by Gasteiger charge is 2.06. The van der Waals surface area contributed by atoms with Crippen molar-refractivity contribution >= 4 is 5.69 Å². The molecule has 6 nitrogen and oxygen atoms in total. The molecule has 0 radical (unpaired) electrons. The smallest absolute Gasteiger partial charge is 0.264 e. The minimum absolute atomic E-state index is 0.00219. The summed E-state index contributed by atoms with van der Waals surface area (Å²) in [5.41, 5.74) is 6.23. The number of hydrogen-bond acceptors (Lipinski definition) is 6. The lowest BCUT2D eigenvalue weighted by Crippen LogP contribution is -1.97. The Labute approximate surface area is 98.0 Å². The van der Waals surface area contributed by atoms with Crippen LogP contribution in [0.2, 0.25) is 0 Å². The van der Waals surface area contributed by atoms with Crippen LogP contribution in [0.25, 0.3) is 0 Å². The molecular weight excluding hydrogens is 222 g/mol. The Bertz CT molecular complexity index is 467. The van der Waals surface area contributed by atoms with Crippen LogP contribution < -0.4 is 10.5 Å². The van der Waals surface area contributed by atoms with Crippen molar-refractivity contribution in [3.63, 3.8) is 0 Å². The number of benzene rings is 1. The van der Waals surface area contributed by atoms with E-state index in [9.17, 15) is 0 Å². The number of aromatic nitrogens is 2. The molecule has 0 unspecified atom stereocenters. The third kappa shape index (κ3) is 3.18. The summed E-state index contributed by atoms with van der Waals surface area (Å²) in [6.45, 7) is 0.195. The third-order valence-electron chi connectivity index (χ3n) is 2.09. The van der Waals surface area contributed by atoms with Gasteiger partial charge in [-0.3, -0.25) is 0 Å². The van der Waals surface area contributed by atoms with Gasteiger partial charge in [0.2, 0.25) is 0 Å². The molecule has 0 bridgehead atoms.